The van der Waals surface area contributed by atoms with Gasteiger partial charge in [-0.25, -0.2) is 0 Å². The number of anilines is 1. The minimum Gasteiger partial charge on any atom is -0.412 e. The van der Waals surface area contributed by atoms with Crippen molar-refractivity contribution in [2.45, 2.75) is 6.92 Å². The maximum absolute atomic E-state index is 10.8. The third-order valence-electron chi connectivity index (χ3n) is 1.90. The topological polar surface area (TPSA) is 72.0 Å². The Morgan fingerprint density at radius 1 is 1.33 bits per heavy atom. The molecule has 0 aliphatic carbocycles. The molecular formula is C9H15NNaO3P+. The second-order valence-corrected chi connectivity index (χ2v) is 4.17. The largest absolute Gasteiger partial charge is 0.546 e. The summed E-state index contributed by atoms with van der Waals surface area (Å²) in [7, 11) is 1.66. The molecule has 4 nitrogen and oxygen atoms in total. The number of rotatable bonds is 2. The first kappa shape index (κ1) is 17.4. The quantitative estimate of drug-likeness (QED) is 0.592. The van der Waals surface area contributed by atoms with Crippen LogP contribution in [0.1, 0.15) is 5.56 Å². The Labute approximate surface area is 113 Å². The van der Waals surface area contributed by atoms with E-state index < -0.39 is 8.03 Å². The molecule has 0 aromatic heterocycles. The third-order valence-corrected chi connectivity index (χ3v) is 2.82. The van der Waals surface area contributed by atoms with Crippen molar-refractivity contribution in [3.8, 4) is 0 Å². The summed E-state index contributed by atoms with van der Waals surface area (Å²) in [6.45, 7) is 1.84. The number of aryl methyl sites for hydroxylation is 1. The van der Waals surface area contributed by atoms with E-state index in [2.05, 4.69) is 0 Å². The zero-order chi connectivity index (χ0) is 10.0. The van der Waals surface area contributed by atoms with Gasteiger partial charge in [0.2, 0.25) is 5.30 Å². The summed E-state index contributed by atoms with van der Waals surface area (Å²) in [6.07, 6.45) is 0. The Kier molecular flexibility index (Phi) is 8.53. The van der Waals surface area contributed by atoms with Crippen molar-refractivity contribution >= 4 is 48.6 Å². The van der Waals surface area contributed by atoms with E-state index >= 15 is 0 Å². The van der Waals surface area contributed by atoms with Crippen molar-refractivity contribution in [2.75, 3.05) is 19.0 Å². The molecule has 79 valence electrons. The van der Waals surface area contributed by atoms with Crippen molar-refractivity contribution in [2.24, 2.45) is 0 Å². The van der Waals surface area contributed by atoms with Gasteiger partial charge in [-0.2, -0.15) is 4.89 Å². The van der Waals surface area contributed by atoms with Gasteiger partial charge in [-0.05, 0) is 29.7 Å². The summed E-state index contributed by atoms with van der Waals surface area (Å²) in [4.78, 5) is 10.9. The fourth-order valence-corrected chi connectivity index (χ4v) is 1.70. The van der Waals surface area contributed by atoms with E-state index in [0.29, 0.717) is 5.30 Å². The van der Waals surface area contributed by atoms with Gasteiger partial charge in [0.25, 0.3) is 0 Å². The minimum atomic E-state index is -2.22. The molecule has 1 atom stereocenters. The SMILES string of the molecule is Cc1cc(N(C)C)ccc1[P+](=O)O.O.[Na]. The average molecular weight is 239 g/mol. The molecule has 0 aliphatic rings. The van der Waals surface area contributed by atoms with Gasteiger partial charge in [-0.1, -0.05) is 0 Å². The summed E-state index contributed by atoms with van der Waals surface area (Å²) < 4.78 is 10.8. The van der Waals surface area contributed by atoms with Crippen LogP contribution in [0.15, 0.2) is 18.2 Å². The molecule has 0 spiro atoms. The fraction of sp³-hybridized carbons (Fsp3) is 0.333. The van der Waals surface area contributed by atoms with Crippen LogP contribution >= 0.6 is 8.03 Å². The van der Waals surface area contributed by atoms with Gasteiger partial charge in [-0.15, -0.1) is 0 Å². The van der Waals surface area contributed by atoms with Gasteiger partial charge < -0.3 is 10.4 Å². The first-order valence-corrected chi connectivity index (χ1v) is 5.17. The molecule has 0 bridgehead atoms. The molecule has 1 rings (SSSR count). The van der Waals surface area contributed by atoms with Crippen LogP contribution in [-0.4, -0.2) is 54.0 Å². The number of benzene rings is 1. The molecule has 1 aromatic carbocycles. The van der Waals surface area contributed by atoms with E-state index in [4.69, 9.17) is 4.89 Å². The maximum atomic E-state index is 10.8. The zero-order valence-corrected chi connectivity index (χ0v) is 12.4. The van der Waals surface area contributed by atoms with Gasteiger partial charge in [0.1, 0.15) is 0 Å². The Morgan fingerprint density at radius 3 is 2.20 bits per heavy atom. The molecule has 0 heterocycles. The van der Waals surface area contributed by atoms with E-state index in [1.807, 2.05) is 38.1 Å². The number of hydrogen-bond acceptors (Lipinski definition) is 2. The fourth-order valence-electron chi connectivity index (χ4n) is 1.13. The predicted octanol–water partition coefficient (Wildman–Crippen LogP) is 0.216. The summed E-state index contributed by atoms with van der Waals surface area (Å²) >= 11 is 0. The maximum Gasteiger partial charge on any atom is 0.546 e. The van der Waals surface area contributed by atoms with Gasteiger partial charge in [0.05, 0.1) is 0 Å². The zero-order valence-electron chi connectivity index (χ0n) is 9.48. The molecule has 1 radical (unpaired) electrons. The smallest absolute Gasteiger partial charge is 0.412 e. The second-order valence-electron chi connectivity index (χ2n) is 3.14. The summed E-state index contributed by atoms with van der Waals surface area (Å²) in [5.41, 5.74) is 1.90. The molecule has 0 fully saturated rings. The molecule has 1 unspecified atom stereocenters. The molecule has 0 saturated carbocycles. The predicted molar refractivity (Wildman–Crippen MR) is 64.3 cm³/mol. The summed E-state index contributed by atoms with van der Waals surface area (Å²) in [6, 6.07) is 5.44. The summed E-state index contributed by atoms with van der Waals surface area (Å²) in [5.74, 6) is 0. The molecule has 6 heteroatoms. The summed E-state index contributed by atoms with van der Waals surface area (Å²) in [5, 5.41) is 0.514. The van der Waals surface area contributed by atoms with E-state index in [0.717, 1.165) is 11.3 Å². The number of nitrogens with zero attached hydrogens (tertiary/aromatic N) is 1. The molecular weight excluding hydrogens is 224 g/mol. The molecule has 0 aliphatic heterocycles. The Bertz CT molecular complexity index is 344. The first-order chi connectivity index (χ1) is 6.02. The molecule has 3 N–H and O–H groups in total. The monoisotopic (exact) mass is 239 g/mol. The second kappa shape index (κ2) is 7.34. The van der Waals surface area contributed by atoms with Crippen molar-refractivity contribution in [3.05, 3.63) is 23.8 Å². The first-order valence-electron chi connectivity index (χ1n) is 3.96. The van der Waals surface area contributed by atoms with E-state index in [1.54, 1.807) is 6.07 Å². The van der Waals surface area contributed by atoms with Crippen molar-refractivity contribution in [3.63, 3.8) is 0 Å². The van der Waals surface area contributed by atoms with Crippen molar-refractivity contribution < 1.29 is 14.9 Å². The normalized spacial score (nSPS) is 9.73. The van der Waals surface area contributed by atoms with Crippen LogP contribution in [0.5, 0.6) is 0 Å². The van der Waals surface area contributed by atoms with Crippen LogP contribution in [0.3, 0.4) is 0 Å². The van der Waals surface area contributed by atoms with E-state index in [-0.39, 0.29) is 35.0 Å². The minimum absolute atomic E-state index is 0. The van der Waals surface area contributed by atoms with Crippen LogP contribution in [0.4, 0.5) is 5.69 Å². The Hall–Kier alpha value is 0.0400. The molecule has 15 heavy (non-hydrogen) atoms. The van der Waals surface area contributed by atoms with Crippen molar-refractivity contribution in [1.29, 1.82) is 0 Å². The molecule has 1 aromatic rings. The van der Waals surface area contributed by atoms with E-state index in [1.165, 1.54) is 0 Å². The van der Waals surface area contributed by atoms with Crippen LogP contribution < -0.4 is 10.2 Å². The van der Waals surface area contributed by atoms with Gasteiger partial charge in [0, 0.05) is 54.9 Å². The number of hydrogen-bond donors (Lipinski definition) is 1. The average Bonchev–Trinajstić information content (AvgIpc) is 2.03. The van der Waals surface area contributed by atoms with Crippen LogP contribution in [0, 0.1) is 6.92 Å². The Morgan fingerprint density at radius 2 is 1.87 bits per heavy atom. The molecule has 0 saturated heterocycles. The Balaban J connectivity index is 0. The van der Waals surface area contributed by atoms with Gasteiger partial charge in [-0.3, -0.25) is 0 Å². The van der Waals surface area contributed by atoms with Gasteiger partial charge >= 0.3 is 8.03 Å². The van der Waals surface area contributed by atoms with Crippen LogP contribution in [0.25, 0.3) is 0 Å². The standard InChI is InChI=1S/C9H12NO2P.Na.H2O/c1-7-6-8(10(2)3)4-5-9(7)13(11)12;;/h4-6H,1-3H3;;1H2/p+1. The van der Waals surface area contributed by atoms with Crippen LogP contribution in [0.2, 0.25) is 0 Å². The molecule has 0 amide bonds. The third kappa shape index (κ3) is 4.60. The van der Waals surface area contributed by atoms with Crippen LogP contribution in [-0.2, 0) is 4.57 Å². The van der Waals surface area contributed by atoms with E-state index in [9.17, 15) is 4.57 Å². The van der Waals surface area contributed by atoms with Gasteiger partial charge in [0.15, 0.2) is 0 Å². The van der Waals surface area contributed by atoms with Crippen molar-refractivity contribution in [1.82, 2.24) is 0 Å².